The Morgan fingerprint density at radius 1 is 0.964 bits per heavy atom. The van der Waals surface area contributed by atoms with E-state index < -0.39 is 0 Å². The largest absolute Gasteiger partial charge is 0.348 e. The first-order valence-corrected chi connectivity index (χ1v) is 9.85. The Balaban J connectivity index is 1.39. The first-order valence-electron chi connectivity index (χ1n) is 9.85. The standard InChI is InChI=1S/C24H24N2O2/c1-24(2)14-27-23(28-15-24)19-9-5-16(6-10-19)20-12-11-18-8-7-17-4-3-13-25-21(17)22(18)26-20/h3-5,7-13,16,23H,6,14-15H2,1-2H3. The summed E-state index contributed by atoms with van der Waals surface area (Å²) in [6.07, 6.45) is 9.05. The third-order valence-electron chi connectivity index (χ3n) is 5.49. The minimum atomic E-state index is -0.247. The van der Waals surface area contributed by atoms with Crippen molar-refractivity contribution in [3.8, 4) is 0 Å². The van der Waals surface area contributed by atoms with E-state index in [1.54, 1.807) is 0 Å². The van der Waals surface area contributed by atoms with Gasteiger partial charge in [-0.15, -0.1) is 0 Å². The zero-order valence-electron chi connectivity index (χ0n) is 16.3. The fourth-order valence-electron chi connectivity index (χ4n) is 3.86. The van der Waals surface area contributed by atoms with Crippen molar-refractivity contribution in [2.24, 2.45) is 5.41 Å². The molecule has 1 aliphatic carbocycles. The van der Waals surface area contributed by atoms with Gasteiger partial charge in [0.25, 0.3) is 0 Å². The molecule has 2 aliphatic rings. The summed E-state index contributed by atoms with van der Waals surface area (Å²) in [5.74, 6) is 0.257. The lowest BCUT2D eigenvalue weighted by Crippen LogP contribution is -2.38. The van der Waals surface area contributed by atoms with Gasteiger partial charge in [-0.05, 0) is 18.6 Å². The molecule has 1 saturated heterocycles. The maximum Gasteiger partial charge on any atom is 0.183 e. The molecule has 1 aliphatic heterocycles. The van der Waals surface area contributed by atoms with E-state index in [0.29, 0.717) is 0 Å². The molecule has 2 aromatic heterocycles. The number of pyridine rings is 2. The Hall–Kier alpha value is -2.56. The molecule has 3 heterocycles. The summed E-state index contributed by atoms with van der Waals surface area (Å²) < 4.78 is 11.8. The van der Waals surface area contributed by atoms with Gasteiger partial charge in [-0.1, -0.05) is 56.3 Å². The average molecular weight is 372 g/mol. The summed E-state index contributed by atoms with van der Waals surface area (Å²) in [7, 11) is 0. The molecule has 4 heteroatoms. The minimum absolute atomic E-state index is 0.0871. The average Bonchev–Trinajstić information content (AvgIpc) is 2.73. The van der Waals surface area contributed by atoms with Gasteiger partial charge in [0.05, 0.1) is 24.2 Å². The maximum absolute atomic E-state index is 5.91. The Bertz CT molecular complexity index is 1090. The van der Waals surface area contributed by atoms with Crippen LogP contribution in [0.2, 0.25) is 0 Å². The number of fused-ring (bicyclic) bond motifs is 3. The van der Waals surface area contributed by atoms with E-state index in [1.165, 1.54) is 0 Å². The highest BCUT2D eigenvalue weighted by atomic mass is 16.7. The van der Waals surface area contributed by atoms with E-state index in [1.807, 2.05) is 12.3 Å². The molecular weight excluding hydrogens is 348 g/mol. The van der Waals surface area contributed by atoms with Gasteiger partial charge in [0, 0.05) is 39.6 Å². The molecule has 142 valence electrons. The zero-order chi connectivity index (χ0) is 19.1. The summed E-state index contributed by atoms with van der Waals surface area (Å²) in [5.41, 5.74) is 4.21. The predicted molar refractivity (Wildman–Crippen MR) is 111 cm³/mol. The number of nitrogens with zero attached hydrogens (tertiary/aromatic N) is 2. The van der Waals surface area contributed by atoms with Crippen LogP contribution >= 0.6 is 0 Å². The molecule has 1 atom stereocenters. The second-order valence-electron chi connectivity index (χ2n) is 8.47. The summed E-state index contributed by atoms with van der Waals surface area (Å²) in [4.78, 5) is 9.53. The van der Waals surface area contributed by atoms with Crippen LogP contribution in [0.15, 0.2) is 66.4 Å². The lowest BCUT2D eigenvalue weighted by Gasteiger charge is -2.35. The van der Waals surface area contributed by atoms with E-state index in [9.17, 15) is 0 Å². The monoisotopic (exact) mass is 372 g/mol. The van der Waals surface area contributed by atoms with Crippen LogP contribution in [0.5, 0.6) is 0 Å². The molecule has 1 aromatic carbocycles. The van der Waals surface area contributed by atoms with Gasteiger partial charge < -0.3 is 9.47 Å². The van der Waals surface area contributed by atoms with Gasteiger partial charge in [0.2, 0.25) is 0 Å². The summed E-state index contributed by atoms with van der Waals surface area (Å²) in [5, 5.41) is 2.24. The second-order valence-corrected chi connectivity index (χ2v) is 8.47. The van der Waals surface area contributed by atoms with Crippen LogP contribution in [0.3, 0.4) is 0 Å². The highest BCUT2D eigenvalue weighted by molar-refractivity contribution is 6.02. The molecular formula is C24H24N2O2. The molecule has 0 N–H and O–H groups in total. The molecule has 4 nitrogen and oxygen atoms in total. The highest BCUT2D eigenvalue weighted by Gasteiger charge is 2.30. The number of hydrogen-bond donors (Lipinski definition) is 0. The van der Waals surface area contributed by atoms with E-state index >= 15 is 0 Å². The van der Waals surface area contributed by atoms with E-state index in [0.717, 1.165) is 52.7 Å². The summed E-state index contributed by atoms with van der Waals surface area (Å²) in [6, 6.07) is 12.5. The van der Waals surface area contributed by atoms with Gasteiger partial charge in [0.1, 0.15) is 0 Å². The summed E-state index contributed by atoms with van der Waals surface area (Å²) >= 11 is 0. The Labute approximate surface area is 164 Å². The van der Waals surface area contributed by atoms with Gasteiger partial charge in [0.15, 0.2) is 6.29 Å². The first kappa shape index (κ1) is 17.5. The molecule has 3 aromatic rings. The van der Waals surface area contributed by atoms with Crippen LogP contribution < -0.4 is 0 Å². The fraction of sp³-hybridized carbons (Fsp3) is 0.333. The van der Waals surface area contributed by atoms with Crippen LogP contribution in [-0.4, -0.2) is 29.5 Å². The minimum Gasteiger partial charge on any atom is -0.348 e. The van der Waals surface area contributed by atoms with Gasteiger partial charge in [-0.25, -0.2) is 4.98 Å². The van der Waals surface area contributed by atoms with Crippen molar-refractivity contribution < 1.29 is 9.47 Å². The van der Waals surface area contributed by atoms with Gasteiger partial charge in [-0.2, -0.15) is 0 Å². The molecule has 0 bridgehead atoms. The van der Waals surface area contributed by atoms with Crippen molar-refractivity contribution in [2.75, 3.05) is 13.2 Å². The topological polar surface area (TPSA) is 44.2 Å². The highest BCUT2D eigenvalue weighted by Crippen LogP contribution is 2.32. The smallest absolute Gasteiger partial charge is 0.183 e. The number of benzene rings is 1. The molecule has 0 saturated carbocycles. The fourth-order valence-corrected chi connectivity index (χ4v) is 3.86. The van der Waals surface area contributed by atoms with Crippen molar-refractivity contribution in [1.29, 1.82) is 0 Å². The molecule has 28 heavy (non-hydrogen) atoms. The van der Waals surface area contributed by atoms with Crippen molar-refractivity contribution in [3.05, 3.63) is 72.1 Å². The lowest BCUT2D eigenvalue weighted by atomic mass is 9.91. The number of hydrogen-bond acceptors (Lipinski definition) is 4. The van der Waals surface area contributed by atoms with Crippen LogP contribution in [0.1, 0.15) is 31.9 Å². The quantitative estimate of drug-likeness (QED) is 0.584. The van der Waals surface area contributed by atoms with Crippen molar-refractivity contribution in [1.82, 2.24) is 9.97 Å². The SMILES string of the molecule is CC1(C)COC(C2=CCC(c3ccc4ccc5cccnc5c4n3)C=C2)OC1. The van der Waals surface area contributed by atoms with Gasteiger partial charge in [-0.3, -0.25) is 4.98 Å². The van der Waals surface area contributed by atoms with Gasteiger partial charge >= 0.3 is 0 Å². The molecule has 1 fully saturated rings. The second kappa shape index (κ2) is 6.80. The first-order chi connectivity index (χ1) is 13.6. The number of rotatable bonds is 2. The Morgan fingerprint density at radius 2 is 1.71 bits per heavy atom. The van der Waals surface area contributed by atoms with E-state index in [2.05, 4.69) is 67.4 Å². The van der Waals surface area contributed by atoms with Crippen molar-refractivity contribution in [3.63, 3.8) is 0 Å². The predicted octanol–water partition coefficient (Wildman–Crippen LogP) is 5.15. The number of allylic oxidation sites excluding steroid dienone is 2. The summed E-state index contributed by atoms with van der Waals surface area (Å²) in [6.45, 7) is 5.76. The molecule has 5 rings (SSSR count). The number of ether oxygens (including phenoxy) is 2. The third-order valence-corrected chi connectivity index (χ3v) is 5.49. The molecule has 1 unspecified atom stereocenters. The molecule has 0 amide bonds. The molecule has 0 spiro atoms. The van der Waals surface area contributed by atoms with E-state index in [-0.39, 0.29) is 17.6 Å². The van der Waals surface area contributed by atoms with E-state index in [4.69, 9.17) is 14.5 Å². The Morgan fingerprint density at radius 3 is 2.46 bits per heavy atom. The van der Waals surface area contributed by atoms with Crippen LogP contribution in [0.25, 0.3) is 21.8 Å². The van der Waals surface area contributed by atoms with Crippen molar-refractivity contribution in [2.45, 2.75) is 32.5 Å². The van der Waals surface area contributed by atoms with Crippen LogP contribution in [0.4, 0.5) is 0 Å². The van der Waals surface area contributed by atoms with Crippen LogP contribution in [0, 0.1) is 5.41 Å². The third kappa shape index (κ3) is 3.23. The van der Waals surface area contributed by atoms with Crippen LogP contribution in [-0.2, 0) is 9.47 Å². The van der Waals surface area contributed by atoms with Crippen molar-refractivity contribution >= 4 is 21.8 Å². The normalized spacial score (nSPS) is 22.5. The zero-order valence-corrected chi connectivity index (χ0v) is 16.3. The maximum atomic E-state index is 5.91. The lowest BCUT2D eigenvalue weighted by molar-refractivity contribution is -0.201. The molecule has 0 radical (unpaired) electrons. The Kier molecular flexibility index (Phi) is 4.26. The number of aromatic nitrogens is 2.